The van der Waals surface area contributed by atoms with E-state index in [1.54, 1.807) is 37.3 Å². The van der Waals surface area contributed by atoms with E-state index in [1.165, 1.54) is 0 Å². The van der Waals surface area contributed by atoms with Gasteiger partial charge in [-0.25, -0.2) is 17.6 Å². The number of carbonyl (C=O) groups excluding carboxylic acids is 2. The minimum absolute atomic E-state index is 0.112. The summed E-state index contributed by atoms with van der Waals surface area (Å²) in [5.41, 5.74) is -1.75. The van der Waals surface area contributed by atoms with E-state index in [0.29, 0.717) is 5.57 Å². The standard InChI is InChI=1S/C24H17ClF4N2O3/c1-11(8-13-6-4-3-5-7-13)23(33)31-16-9-14(25)15(10-17(16)32)30-24(34)18-21(28)19(26)12(2)20(27)22(18)29/h3-10,32H,1-2H3,(H,30,34)(H,31,33)/b11-8+. The van der Waals surface area contributed by atoms with E-state index >= 15 is 0 Å². The average molecular weight is 493 g/mol. The predicted octanol–water partition coefficient (Wildman–Crippen LogP) is 6.20. The Morgan fingerprint density at radius 1 is 0.912 bits per heavy atom. The lowest BCUT2D eigenvalue weighted by atomic mass is 10.1. The largest absolute Gasteiger partial charge is 0.506 e. The van der Waals surface area contributed by atoms with Crippen molar-refractivity contribution in [1.82, 2.24) is 0 Å². The van der Waals surface area contributed by atoms with Crippen LogP contribution in [0, 0.1) is 30.2 Å². The zero-order valence-corrected chi connectivity index (χ0v) is 18.5. The van der Waals surface area contributed by atoms with Crippen molar-refractivity contribution in [1.29, 1.82) is 0 Å². The van der Waals surface area contributed by atoms with Crippen molar-refractivity contribution in [2.24, 2.45) is 0 Å². The molecule has 3 aromatic rings. The van der Waals surface area contributed by atoms with Crippen molar-refractivity contribution < 1.29 is 32.3 Å². The first-order chi connectivity index (χ1) is 16.0. The summed E-state index contributed by atoms with van der Waals surface area (Å²) in [4.78, 5) is 24.8. The van der Waals surface area contributed by atoms with Crippen LogP contribution in [0.25, 0.3) is 6.08 Å². The number of phenols is 1. The maximum atomic E-state index is 14.1. The average Bonchev–Trinajstić information content (AvgIpc) is 2.80. The third-order valence-electron chi connectivity index (χ3n) is 4.83. The molecule has 34 heavy (non-hydrogen) atoms. The fourth-order valence-corrected chi connectivity index (χ4v) is 3.18. The molecule has 3 aromatic carbocycles. The number of anilines is 2. The molecule has 0 saturated heterocycles. The lowest BCUT2D eigenvalue weighted by molar-refractivity contribution is -0.112. The molecular weight excluding hydrogens is 476 g/mol. The smallest absolute Gasteiger partial charge is 0.261 e. The van der Waals surface area contributed by atoms with Crippen LogP contribution in [0.4, 0.5) is 28.9 Å². The highest BCUT2D eigenvalue weighted by Crippen LogP contribution is 2.35. The summed E-state index contributed by atoms with van der Waals surface area (Å²) in [5, 5.41) is 14.4. The second kappa shape index (κ2) is 9.96. The van der Waals surface area contributed by atoms with E-state index in [4.69, 9.17) is 11.6 Å². The fraction of sp³-hybridized carbons (Fsp3) is 0.0833. The highest BCUT2D eigenvalue weighted by Gasteiger charge is 2.28. The van der Waals surface area contributed by atoms with Crippen molar-refractivity contribution in [2.75, 3.05) is 10.6 Å². The highest BCUT2D eigenvalue weighted by atomic mass is 35.5. The van der Waals surface area contributed by atoms with Crippen LogP contribution in [-0.4, -0.2) is 16.9 Å². The van der Waals surface area contributed by atoms with Gasteiger partial charge in [-0.3, -0.25) is 9.59 Å². The quantitative estimate of drug-likeness (QED) is 0.172. The molecule has 0 saturated carbocycles. The molecule has 0 spiro atoms. The van der Waals surface area contributed by atoms with Crippen LogP contribution in [-0.2, 0) is 4.79 Å². The molecule has 2 amide bonds. The summed E-state index contributed by atoms with van der Waals surface area (Å²) in [5.74, 6) is -9.81. The molecule has 0 fully saturated rings. The maximum Gasteiger partial charge on any atom is 0.261 e. The van der Waals surface area contributed by atoms with Gasteiger partial charge in [0.25, 0.3) is 11.8 Å². The molecule has 3 rings (SSSR count). The summed E-state index contributed by atoms with van der Waals surface area (Å²) in [6, 6.07) is 11.0. The lowest BCUT2D eigenvalue weighted by Gasteiger charge is -2.14. The Labute approximate surface area is 196 Å². The fourth-order valence-electron chi connectivity index (χ4n) is 2.97. The molecule has 3 N–H and O–H groups in total. The van der Waals surface area contributed by atoms with Crippen molar-refractivity contribution in [3.8, 4) is 5.75 Å². The molecule has 0 aliphatic rings. The van der Waals surface area contributed by atoms with Gasteiger partial charge in [-0.2, -0.15) is 0 Å². The number of rotatable bonds is 5. The second-order valence-corrected chi connectivity index (χ2v) is 7.66. The summed E-state index contributed by atoms with van der Waals surface area (Å²) in [7, 11) is 0. The van der Waals surface area contributed by atoms with E-state index in [0.717, 1.165) is 24.6 Å². The topological polar surface area (TPSA) is 78.4 Å². The minimum Gasteiger partial charge on any atom is -0.506 e. The van der Waals surface area contributed by atoms with Crippen LogP contribution in [0.1, 0.15) is 28.4 Å². The Hall–Kier alpha value is -3.85. The number of phenolic OH excluding ortho intramolecular Hbond substituents is 1. The van der Waals surface area contributed by atoms with Crippen molar-refractivity contribution >= 4 is 40.9 Å². The molecule has 0 aliphatic heterocycles. The third kappa shape index (κ3) is 5.04. The molecular formula is C24H17ClF4N2O3. The van der Waals surface area contributed by atoms with Gasteiger partial charge in [0.2, 0.25) is 0 Å². The molecule has 0 bridgehead atoms. The van der Waals surface area contributed by atoms with Crippen LogP contribution >= 0.6 is 11.6 Å². The van der Waals surface area contributed by atoms with Gasteiger partial charge in [-0.15, -0.1) is 0 Å². The molecule has 176 valence electrons. The number of benzene rings is 3. The monoisotopic (exact) mass is 492 g/mol. The Morgan fingerprint density at radius 3 is 2.09 bits per heavy atom. The molecule has 0 aromatic heterocycles. The summed E-state index contributed by atoms with van der Waals surface area (Å²) < 4.78 is 55.8. The molecule has 0 aliphatic carbocycles. The first-order valence-corrected chi connectivity index (χ1v) is 10.1. The highest BCUT2D eigenvalue weighted by molar-refractivity contribution is 6.34. The first-order valence-electron chi connectivity index (χ1n) is 9.72. The predicted molar refractivity (Wildman–Crippen MR) is 121 cm³/mol. The van der Waals surface area contributed by atoms with Gasteiger partial charge >= 0.3 is 0 Å². The number of amides is 2. The van der Waals surface area contributed by atoms with Crippen LogP contribution in [0.15, 0.2) is 48.0 Å². The molecule has 10 heteroatoms. The van der Waals surface area contributed by atoms with Crippen LogP contribution in [0.3, 0.4) is 0 Å². The van der Waals surface area contributed by atoms with Crippen LogP contribution < -0.4 is 10.6 Å². The Bertz CT molecular complexity index is 1300. The zero-order chi connectivity index (χ0) is 25.2. The van der Waals surface area contributed by atoms with E-state index in [1.807, 2.05) is 11.4 Å². The second-order valence-electron chi connectivity index (χ2n) is 7.25. The van der Waals surface area contributed by atoms with Gasteiger partial charge in [0.05, 0.1) is 16.4 Å². The number of hydrogen-bond acceptors (Lipinski definition) is 3. The number of aromatic hydroxyl groups is 1. The number of halogens is 5. The Morgan fingerprint density at radius 2 is 1.50 bits per heavy atom. The summed E-state index contributed by atoms with van der Waals surface area (Å²) in [6.45, 7) is 2.37. The van der Waals surface area contributed by atoms with Gasteiger partial charge in [0.1, 0.15) is 11.3 Å². The third-order valence-corrected chi connectivity index (χ3v) is 5.15. The lowest BCUT2D eigenvalue weighted by Crippen LogP contribution is -2.19. The van der Waals surface area contributed by atoms with E-state index in [-0.39, 0.29) is 16.4 Å². The van der Waals surface area contributed by atoms with Crippen LogP contribution in [0.2, 0.25) is 5.02 Å². The maximum absolute atomic E-state index is 14.1. The summed E-state index contributed by atoms with van der Waals surface area (Å²) >= 11 is 6.07. The summed E-state index contributed by atoms with van der Waals surface area (Å²) in [6.07, 6.45) is 1.62. The van der Waals surface area contributed by atoms with Gasteiger partial charge in [0, 0.05) is 17.2 Å². The van der Waals surface area contributed by atoms with Crippen LogP contribution in [0.5, 0.6) is 5.75 Å². The van der Waals surface area contributed by atoms with Crippen molar-refractivity contribution in [3.63, 3.8) is 0 Å². The van der Waals surface area contributed by atoms with Gasteiger partial charge in [-0.05, 0) is 31.6 Å². The Balaban J connectivity index is 1.83. The van der Waals surface area contributed by atoms with E-state index in [2.05, 4.69) is 5.32 Å². The molecule has 0 heterocycles. The van der Waals surface area contributed by atoms with Gasteiger partial charge in [-0.1, -0.05) is 41.9 Å². The number of hydrogen-bond donors (Lipinski definition) is 3. The SMILES string of the molecule is C/C(=C\c1ccccc1)C(=O)Nc1cc(Cl)c(NC(=O)c2c(F)c(F)c(C)c(F)c2F)cc1O. The minimum atomic E-state index is -1.88. The molecule has 0 unspecified atom stereocenters. The molecule has 0 atom stereocenters. The zero-order valence-electron chi connectivity index (χ0n) is 17.8. The van der Waals surface area contributed by atoms with Gasteiger partial charge < -0.3 is 15.7 Å². The van der Waals surface area contributed by atoms with Crippen molar-refractivity contribution in [2.45, 2.75) is 13.8 Å². The Kier molecular flexibility index (Phi) is 7.26. The molecule has 0 radical (unpaired) electrons. The van der Waals surface area contributed by atoms with E-state index < -0.39 is 52.0 Å². The number of carbonyl (C=O) groups is 2. The van der Waals surface area contributed by atoms with Gasteiger partial charge in [0.15, 0.2) is 23.3 Å². The van der Waals surface area contributed by atoms with Crippen molar-refractivity contribution in [3.05, 3.63) is 93.0 Å². The number of nitrogens with one attached hydrogen (secondary N) is 2. The first kappa shape index (κ1) is 24.8. The normalized spacial score (nSPS) is 11.3. The van der Waals surface area contributed by atoms with E-state index in [9.17, 15) is 32.3 Å². The molecule has 5 nitrogen and oxygen atoms in total.